The summed E-state index contributed by atoms with van der Waals surface area (Å²) in [5.41, 5.74) is 24.2. The minimum atomic E-state index is -0.623. The Morgan fingerprint density at radius 1 is 0.343 bits per heavy atom. The van der Waals surface area contributed by atoms with E-state index in [0.29, 0.717) is 0 Å². The second kappa shape index (κ2) is 14.4. The molecule has 3 aliphatic rings. The van der Waals surface area contributed by atoms with Gasteiger partial charge in [-0.3, -0.25) is 0 Å². The fourth-order valence-corrected chi connectivity index (χ4v) is 13.2. The van der Waals surface area contributed by atoms with Crippen molar-refractivity contribution in [1.82, 2.24) is 4.57 Å². The number of benzene rings is 11. The summed E-state index contributed by atoms with van der Waals surface area (Å²) in [4.78, 5) is 2.49. The van der Waals surface area contributed by atoms with Crippen LogP contribution in [0.15, 0.2) is 243 Å². The summed E-state index contributed by atoms with van der Waals surface area (Å²) in [6.45, 7) is 4.84. The zero-order valence-electron chi connectivity index (χ0n) is 39.0. The molecule has 11 aromatic carbocycles. The lowest BCUT2D eigenvalue weighted by Gasteiger charge is -2.47. The largest absolute Gasteiger partial charge is 0.310 e. The Bertz CT molecular complexity index is 4100. The first-order valence-corrected chi connectivity index (χ1v) is 24.6. The molecule has 0 N–H and O–H groups in total. The van der Waals surface area contributed by atoms with Gasteiger partial charge in [-0.05, 0) is 126 Å². The molecule has 12 aromatic rings. The van der Waals surface area contributed by atoms with Gasteiger partial charge in [0, 0.05) is 44.4 Å². The van der Waals surface area contributed by atoms with Crippen LogP contribution in [-0.4, -0.2) is 4.57 Å². The zero-order valence-corrected chi connectivity index (χ0v) is 39.0. The topological polar surface area (TPSA) is 8.17 Å². The van der Waals surface area contributed by atoms with Gasteiger partial charge in [0.2, 0.25) is 0 Å². The normalized spacial score (nSPS) is 14.1. The fourth-order valence-electron chi connectivity index (χ4n) is 13.2. The Kier molecular flexibility index (Phi) is 8.08. The van der Waals surface area contributed by atoms with E-state index in [1.54, 1.807) is 0 Å². The van der Waals surface area contributed by atoms with Crippen LogP contribution in [0.4, 0.5) is 17.1 Å². The average Bonchev–Trinajstić information content (AvgIpc) is 3.87. The zero-order chi connectivity index (χ0) is 46.3. The van der Waals surface area contributed by atoms with Crippen molar-refractivity contribution >= 4 is 49.6 Å². The van der Waals surface area contributed by atoms with Crippen LogP contribution in [0.25, 0.3) is 82.8 Å². The molecule has 15 rings (SSSR count). The number of rotatable bonds is 5. The lowest BCUT2D eigenvalue weighted by molar-refractivity contribution is 0.563. The lowest BCUT2D eigenvalue weighted by atomic mass is 9.55. The smallest absolute Gasteiger partial charge is 0.0721 e. The molecule has 0 atom stereocenters. The Morgan fingerprint density at radius 3 is 1.76 bits per heavy atom. The second-order valence-corrected chi connectivity index (χ2v) is 20.0. The predicted molar refractivity (Wildman–Crippen MR) is 292 cm³/mol. The highest BCUT2D eigenvalue weighted by atomic mass is 15.1. The highest BCUT2D eigenvalue weighted by Crippen LogP contribution is 2.67. The maximum absolute atomic E-state index is 2.62. The molecule has 1 aromatic heterocycles. The van der Waals surface area contributed by atoms with Crippen molar-refractivity contribution in [3.8, 4) is 50.2 Å². The summed E-state index contributed by atoms with van der Waals surface area (Å²) in [6, 6.07) is 91.3. The first kappa shape index (κ1) is 39.3. The van der Waals surface area contributed by atoms with Gasteiger partial charge < -0.3 is 9.47 Å². The van der Waals surface area contributed by atoms with Crippen LogP contribution in [-0.2, 0) is 10.8 Å². The van der Waals surface area contributed by atoms with Crippen molar-refractivity contribution in [2.45, 2.75) is 24.7 Å². The van der Waals surface area contributed by atoms with Crippen molar-refractivity contribution < 1.29 is 0 Å². The molecule has 0 saturated carbocycles. The van der Waals surface area contributed by atoms with Crippen LogP contribution in [0.5, 0.6) is 0 Å². The number of aromatic nitrogens is 1. The van der Waals surface area contributed by atoms with Crippen molar-refractivity contribution in [2.24, 2.45) is 0 Å². The van der Waals surface area contributed by atoms with Gasteiger partial charge in [-0.1, -0.05) is 208 Å². The Hall–Kier alpha value is -8.72. The average molecular weight is 891 g/mol. The molecule has 2 heteroatoms. The molecular formula is C68H46N2. The van der Waals surface area contributed by atoms with Crippen LogP contribution in [0.3, 0.4) is 0 Å². The third kappa shape index (κ3) is 5.17. The van der Waals surface area contributed by atoms with Gasteiger partial charge in [0.05, 0.1) is 22.1 Å². The number of anilines is 3. The Morgan fingerprint density at radius 2 is 0.971 bits per heavy atom. The highest BCUT2D eigenvalue weighted by molar-refractivity contribution is 6.20. The van der Waals surface area contributed by atoms with Crippen molar-refractivity contribution in [2.75, 3.05) is 4.90 Å². The lowest BCUT2D eigenvalue weighted by Crippen LogP contribution is -2.40. The van der Waals surface area contributed by atoms with Gasteiger partial charge in [0.1, 0.15) is 0 Å². The maximum atomic E-state index is 2.62. The van der Waals surface area contributed by atoms with Crippen LogP contribution in [0, 0.1) is 0 Å². The second-order valence-electron chi connectivity index (χ2n) is 20.0. The van der Waals surface area contributed by atoms with E-state index < -0.39 is 5.41 Å². The van der Waals surface area contributed by atoms with E-state index in [0.717, 1.165) is 17.1 Å². The molecule has 0 bridgehead atoms. The van der Waals surface area contributed by atoms with Gasteiger partial charge in [-0.15, -0.1) is 0 Å². The molecule has 2 nitrogen and oxygen atoms in total. The minimum Gasteiger partial charge on any atom is -0.310 e. The molecule has 2 heterocycles. The molecule has 0 radical (unpaired) electrons. The number of fused-ring (bicyclic) bond motifs is 13. The molecule has 328 valence electrons. The minimum absolute atomic E-state index is 0.226. The maximum Gasteiger partial charge on any atom is 0.0721 e. The van der Waals surface area contributed by atoms with E-state index in [4.69, 9.17) is 0 Å². The van der Waals surface area contributed by atoms with Crippen molar-refractivity contribution in [3.05, 3.63) is 276 Å². The number of hydrogen-bond donors (Lipinski definition) is 0. The molecule has 2 aliphatic carbocycles. The van der Waals surface area contributed by atoms with Gasteiger partial charge >= 0.3 is 0 Å². The predicted octanol–water partition coefficient (Wildman–Crippen LogP) is 17.7. The third-order valence-corrected chi connectivity index (χ3v) is 16.1. The summed E-state index contributed by atoms with van der Waals surface area (Å²) >= 11 is 0. The van der Waals surface area contributed by atoms with Gasteiger partial charge in [0.25, 0.3) is 0 Å². The SMILES string of the molecule is CC1(C)c2ccccc2C2(c3ccccc31)c1cc(N(c3ccccc3)c3cccc(-c4ccccc4)c3)cc3c1-c1c2ccc2c4ccccc4n(c12)-c1cc(-c2cccc4ccccc24)ccc1-3. The van der Waals surface area contributed by atoms with E-state index in [-0.39, 0.29) is 5.41 Å². The first-order chi connectivity index (χ1) is 34.5. The van der Waals surface area contributed by atoms with Gasteiger partial charge in [-0.2, -0.15) is 0 Å². The summed E-state index contributed by atoms with van der Waals surface area (Å²) in [5.74, 6) is 0. The van der Waals surface area contributed by atoms with Crippen LogP contribution in [0.1, 0.15) is 47.2 Å². The third-order valence-electron chi connectivity index (χ3n) is 16.1. The summed E-state index contributed by atoms with van der Waals surface area (Å²) < 4.78 is 2.62. The van der Waals surface area contributed by atoms with Gasteiger partial charge in [0.15, 0.2) is 0 Å². The van der Waals surface area contributed by atoms with E-state index in [2.05, 4.69) is 266 Å². The quantitative estimate of drug-likeness (QED) is 0.167. The molecule has 0 fully saturated rings. The molecular weight excluding hydrogens is 845 g/mol. The molecule has 0 unspecified atom stereocenters. The molecule has 0 saturated heterocycles. The van der Waals surface area contributed by atoms with E-state index in [1.165, 1.54) is 116 Å². The Balaban J connectivity index is 1.13. The van der Waals surface area contributed by atoms with Crippen LogP contribution >= 0.6 is 0 Å². The molecule has 0 amide bonds. The molecule has 1 spiro atoms. The Labute approximate surface area is 408 Å². The summed E-state index contributed by atoms with van der Waals surface area (Å²) in [5, 5.41) is 5.04. The number of nitrogens with zero attached hydrogens (tertiary/aromatic N) is 2. The fraction of sp³-hybridized carbons (Fsp3) is 0.0588. The first-order valence-electron chi connectivity index (χ1n) is 24.6. The van der Waals surface area contributed by atoms with Crippen molar-refractivity contribution in [3.63, 3.8) is 0 Å². The standard InChI is InChI=1S/C68H46N2/c1-67(2)56-30-12-14-32-58(56)68(59-33-15-13-31-57(59)67)60-38-37-54-52-28-11-16-34-62(52)70-63-40-46(51-29-18-22-44-21-9-10-27-50(44)51)35-36-53(63)55-41-49(42-61(68)64(55)65(60)66(54)70)69(47-24-7-4-8-25-47)48-26-17-23-45(39-48)43-19-5-3-6-20-43/h3-42H,1-2H3. The molecule has 70 heavy (non-hydrogen) atoms. The summed E-state index contributed by atoms with van der Waals surface area (Å²) in [7, 11) is 0. The van der Waals surface area contributed by atoms with Crippen molar-refractivity contribution in [1.29, 1.82) is 0 Å². The highest BCUT2D eigenvalue weighted by Gasteiger charge is 2.55. The molecule has 1 aliphatic heterocycles. The van der Waals surface area contributed by atoms with E-state index in [1.807, 2.05) is 0 Å². The number of para-hydroxylation sites is 2. The summed E-state index contributed by atoms with van der Waals surface area (Å²) in [6.07, 6.45) is 0. The van der Waals surface area contributed by atoms with Crippen LogP contribution < -0.4 is 4.90 Å². The van der Waals surface area contributed by atoms with E-state index in [9.17, 15) is 0 Å². The van der Waals surface area contributed by atoms with Crippen LogP contribution in [0.2, 0.25) is 0 Å². The van der Waals surface area contributed by atoms with Gasteiger partial charge in [-0.25, -0.2) is 0 Å². The van der Waals surface area contributed by atoms with E-state index >= 15 is 0 Å². The number of hydrogen-bond acceptors (Lipinski definition) is 1. The monoisotopic (exact) mass is 890 g/mol.